The third kappa shape index (κ3) is 5.91. The molecular formula is C45H67N5O5. The molecule has 3 saturated carbocycles. The van der Waals surface area contributed by atoms with Crippen LogP contribution in [-0.2, 0) is 27.9 Å². The van der Waals surface area contributed by atoms with Gasteiger partial charge < -0.3 is 24.9 Å². The first kappa shape index (κ1) is 38.6. The van der Waals surface area contributed by atoms with Crippen molar-refractivity contribution in [3.05, 3.63) is 40.5 Å². The van der Waals surface area contributed by atoms with Gasteiger partial charge in [0.25, 0.3) is 0 Å². The molecule has 7 unspecified atom stereocenters. The first-order valence-electron chi connectivity index (χ1n) is 21.2. The van der Waals surface area contributed by atoms with Crippen LogP contribution in [0.25, 0.3) is 5.57 Å². The number of allylic oxidation sites excluding steroid dienone is 2. The van der Waals surface area contributed by atoms with E-state index in [1.807, 2.05) is 31.9 Å². The predicted molar refractivity (Wildman–Crippen MR) is 214 cm³/mol. The number of anilines is 1. The van der Waals surface area contributed by atoms with Crippen LogP contribution < -0.4 is 5.73 Å². The van der Waals surface area contributed by atoms with Gasteiger partial charge in [0.05, 0.1) is 24.4 Å². The number of nitrogens with zero attached hydrogens (tertiary/aromatic N) is 3. The van der Waals surface area contributed by atoms with Gasteiger partial charge >= 0.3 is 12.1 Å². The number of piperazine rings is 1. The molecule has 3 heterocycles. The highest BCUT2D eigenvalue weighted by Gasteiger charge is 2.69. The summed E-state index contributed by atoms with van der Waals surface area (Å²) < 4.78 is 12.2. The van der Waals surface area contributed by atoms with Crippen molar-refractivity contribution in [2.24, 2.45) is 51.2 Å². The predicted octanol–water partition coefficient (Wildman–Crippen LogP) is 8.92. The summed E-state index contributed by atoms with van der Waals surface area (Å²) in [6.07, 6.45) is 9.48. The highest BCUT2D eigenvalue weighted by molar-refractivity contribution is 5.76. The summed E-state index contributed by atoms with van der Waals surface area (Å²) in [4.78, 5) is 30.1. The zero-order valence-electron chi connectivity index (χ0n) is 35.2. The molecule has 5 aliphatic carbocycles. The maximum atomic E-state index is 13.0. The van der Waals surface area contributed by atoms with Gasteiger partial charge in [-0.25, -0.2) is 4.79 Å². The number of furan rings is 1. The fourth-order valence-corrected chi connectivity index (χ4v) is 14.0. The molecule has 55 heavy (non-hydrogen) atoms. The number of carboxylic acid groups (broad SMARTS) is 1. The van der Waals surface area contributed by atoms with E-state index in [9.17, 15) is 14.7 Å². The summed E-state index contributed by atoms with van der Waals surface area (Å²) in [5, 5.41) is 18.7. The Bertz CT molecular complexity index is 1890. The smallest absolute Gasteiger partial charge is 0.410 e. The van der Waals surface area contributed by atoms with Gasteiger partial charge in [-0.05, 0) is 129 Å². The average Bonchev–Trinajstić information content (AvgIpc) is 3.69. The van der Waals surface area contributed by atoms with Crippen molar-refractivity contribution in [2.75, 3.05) is 31.9 Å². The first-order valence-corrected chi connectivity index (χ1v) is 21.2. The van der Waals surface area contributed by atoms with E-state index in [4.69, 9.17) is 20.0 Å². The number of hydrogen-bond donors (Lipinski definition) is 3. The Kier molecular flexibility index (Phi) is 8.85. The SMILES string of the molecule is CC1(C)CC2C3=C(c4ccoc4CN4CCN(C(=O)OC(C)(C)C)CC4)CC4C5(C)Cc6c(n[nH]c6N)C(C)(C)C5CCC4(C)C3(C)CCC2[C@H](C(=O)O)C1. The van der Waals surface area contributed by atoms with Gasteiger partial charge in [-0.15, -0.1) is 0 Å². The largest absolute Gasteiger partial charge is 0.481 e. The molecule has 1 amide bonds. The number of H-pyrrole nitrogens is 1. The van der Waals surface area contributed by atoms with Crippen molar-refractivity contribution in [2.45, 2.75) is 138 Å². The third-order valence-electron chi connectivity index (χ3n) is 16.5. The summed E-state index contributed by atoms with van der Waals surface area (Å²) in [5.41, 5.74) is 12.4. The minimum atomic E-state index is -0.631. The number of nitrogens with two attached hydrogens (primary N) is 1. The number of hydrogen-bond acceptors (Lipinski definition) is 7. The van der Waals surface area contributed by atoms with Gasteiger partial charge in [-0.2, -0.15) is 5.10 Å². The number of aliphatic carboxylic acids is 1. The van der Waals surface area contributed by atoms with Crippen molar-refractivity contribution in [1.29, 1.82) is 0 Å². The zero-order chi connectivity index (χ0) is 39.7. The lowest BCUT2D eigenvalue weighted by atomic mass is 9.33. The van der Waals surface area contributed by atoms with Crippen molar-refractivity contribution < 1.29 is 23.8 Å². The highest BCUT2D eigenvalue weighted by Crippen LogP contribution is 2.76. The quantitative estimate of drug-likeness (QED) is 0.281. The van der Waals surface area contributed by atoms with Crippen LogP contribution >= 0.6 is 0 Å². The van der Waals surface area contributed by atoms with Crippen LogP contribution in [0.3, 0.4) is 0 Å². The van der Waals surface area contributed by atoms with Crippen LogP contribution in [-0.4, -0.2) is 68.9 Å². The Hall–Kier alpha value is -3.27. The topological polar surface area (TPSA) is 138 Å². The van der Waals surface area contributed by atoms with Gasteiger partial charge in [-0.1, -0.05) is 54.0 Å². The van der Waals surface area contributed by atoms with Crippen molar-refractivity contribution in [1.82, 2.24) is 20.0 Å². The molecule has 0 radical (unpaired) electrons. The zero-order valence-corrected chi connectivity index (χ0v) is 35.2. The fourth-order valence-electron chi connectivity index (χ4n) is 14.0. The molecule has 4 fully saturated rings. The molecule has 0 bridgehead atoms. The highest BCUT2D eigenvalue weighted by atomic mass is 16.6. The Morgan fingerprint density at radius 1 is 1.02 bits per heavy atom. The second-order valence-electron chi connectivity index (χ2n) is 21.7. The molecule has 10 heteroatoms. The number of carboxylic acids is 1. The number of aromatic nitrogens is 2. The Balaban J connectivity index is 1.22. The number of rotatable bonds is 4. The summed E-state index contributed by atoms with van der Waals surface area (Å²) in [6, 6.07) is 2.21. The molecule has 8 rings (SSSR count). The van der Waals surface area contributed by atoms with E-state index in [0.29, 0.717) is 37.3 Å². The molecule has 6 aliphatic rings. The average molecular weight is 758 g/mol. The maximum Gasteiger partial charge on any atom is 0.410 e. The fraction of sp³-hybridized carbons (Fsp3) is 0.756. The van der Waals surface area contributed by atoms with Crippen LogP contribution in [0.15, 0.2) is 22.3 Å². The van der Waals surface area contributed by atoms with E-state index in [1.54, 1.807) is 5.57 Å². The minimum absolute atomic E-state index is 0.0184. The van der Waals surface area contributed by atoms with Crippen LogP contribution in [0.1, 0.15) is 137 Å². The molecule has 0 aromatic carbocycles. The van der Waals surface area contributed by atoms with Crippen molar-refractivity contribution in [3.63, 3.8) is 0 Å². The Morgan fingerprint density at radius 2 is 1.73 bits per heavy atom. The van der Waals surface area contributed by atoms with Gasteiger partial charge in [0.15, 0.2) is 0 Å². The molecule has 1 saturated heterocycles. The van der Waals surface area contributed by atoms with E-state index in [1.165, 1.54) is 16.7 Å². The second kappa shape index (κ2) is 12.6. The third-order valence-corrected chi connectivity index (χ3v) is 16.5. The number of fused-ring (bicyclic) bond motifs is 8. The maximum absolute atomic E-state index is 13.0. The lowest BCUT2D eigenvalue weighted by Gasteiger charge is -2.70. The molecule has 2 aromatic heterocycles. The van der Waals surface area contributed by atoms with Crippen LogP contribution in [0.5, 0.6) is 0 Å². The number of carbonyl (C=O) groups is 2. The summed E-state index contributed by atoms with van der Waals surface area (Å²) >= 11 is 0. The standard InChI is InChI=1S/C45H67N5O5/c1-40(2,3)55-39(53)50-18-16-49(17-19-50)25-32-27(13-20-54-32)28-21-34-43(8)24-31-36(47-48-37(31)46)42(6,7)33(43)12-15-44(34,9)45(10)14-11-26-29(35(28)45)22-41(4,5)23-30(26)38(51)52/h13,20,26,29-30,33-34H,11-12,14-19,21-25H2,1-10H3,(H,51,52)(H3,46,47,48)/t26?,29?,30-,33?,34?,43?,44?,45?/m1/s1. The summed E-state index contributed by atoms with van der Waals surface area (Å²) in [5.74, 6) is 1.90. The molecule has 2 aromatic rings. The molecule has 302 valence electrons. The molecular weight excluding hydrogens is 691 g/mol. The normalized spacial score (nSPS) is 36.9. The number of amides is 1. The van der Waals surface area contributed by atoms with E-state index >= 15 is 0 Å². The minimum Gasteiger partial charge on any atom is -0.481 e. The summed E-state index contributed by atoms with van der Waals surface area (Å²) in [7, 11) is 0. The lowest BCUT2D eigenvalue weighted by Crippen LogP contribution is -2.64. The van der Waals surface area contributed by atoms with E-state index in [2.05, 4.69) is 64.5 Å². The lowest BCUT2D eigenvalue weighted by molar-refractivity contribution is -0.161. The number of ether oxygens (including phenoxy) is 1. The number of nitrogen functional groups attached to an aromatic ring is 1. The van der Waals surface area contributed by atoms with Crippen LogP contribution in [0.2, 0.25) is 0 Å². The number of carbonyl (C=O) groups excluding carboxylic acids is 1. The van der Waals surface area contributed by atoms with Gasteiger partial charge in [0, 0.05) is 42.7 Å². The molecule has 8 atom stereocenters. The Labute approximate surface area is 328 Å². The molecule has 4 N–H and O–H groups in total. The van der Waals surface area contributed by atoms with E-state index in [-0.39, 0.29) is 50.9 Å². The van der Waals surface area contributed by atoms with E-state index in [0.717, 1.165) is 75.9 Å². The molecule has 0 spiro atoms. The second-order valence-corrected chi connectivity index (χ2v) is 21.7. The molecule has 10 nitrogen and oxygen atoms in total. The monoisotopic (exact) mass is 758 g/mol. The van der Waals surface area contributed by atoms with Crippen LogP contribution in [0, 0.1) is 51.2 Å². The molecule has 1 aliphatic heterocycles. The van der Waals surface area contributed by atoms with Gasteiger partial charge in [0.2, 0.25) is 0 Å². The number of nitrogens with one attached hydrogen (secondary N) is 1. The van der Waals surface area contributed by atoms with Crippen molar-refractivity contribution in [3.8, 4) is 0 Å². The van der Waals surface area contributed by atoms with Gasteiger partial charge in [0.1, 0.15) is 17.2 Å². The Morgan fingerprint density at radius 3 is 2.40 bits per heavy atom. The van der Waals surface area contributed by atoms with E-state index < -0.39 is 11.6 Å². The van der Waals surface area contributed by atoms with Gasteiger partial charge in [-0.3, -0.25) is 14.8 Å². The number of aromatic amines is 1. The van der Waals surface area contributed by atoms with Crippen molar-refractivity contribution >= 4 is 23.5 Å². The summed E-state index contributed by atoms with van der Waals surface area (Å²) in [6.45, 7) is 26.2. The van der Waals surface area contributed by atoms with Crippen LogP contribution in [0.4, 0.5) is 10.6 Å². The first-order chi connectivity index (χ1) is 25.6.